The minimum absolute atomic E-state index is 0.215. The first-order valence-corrected chi connectivity index (χ1v) is 9.72. The Morgan fingerprint density at radius 3 is 2.82 bits per heavy atom. The van der Waals surface area contributed by atoms with Gasteiger partial charge in [0.25, 0.3) is 0 Å². The molecule has 0 aromatic heterocycles. The van der Waals surface area contributed by atoms with Gasteiger partial charge in [-0.25, -0.2) is 17.1 Å². The molecular weight excluding hydrogens is 303 g/mol. The zero-order valence-corrected chi connectivity index (χ0v) is 13.7. The molecule has 0 radical (unpaired) electrons. The van der Waals surface area contributed by atoms with Gasteiger partial charge in [-0.05, 0) is 43.0 Å². The zero-order chi connectivity index (χ0) is 15.7. The second kappa shape index (κ2) is 6.26. The lowest BCUT2D eigenvalue weighted by Gasteiger charge is -2.30. The van der Waals surface area contributed by atoms with Crippen molar-refractivity contribution in [3.8, 4) is 0 Å². The first kappa shape index (κ1) is 15.9. The highest BCUT2D eigenvalue weighted by Gasteiger charge is 2.40. The minimum atomic E-state index is -3.13. The van der Waals surface area contributed by atoms with E-state index in [2.05, 4.69) is 4.90 Å². The van der Waals surface area contributed by atoms with Gasteiger partial charge in [0.1, 0.15) is 5.82 Å². The van der Waals surface area contributed by atoms with Crippen molar-refractivity contribution >= 4 is 10.0 Å². The number of nitrogens with zero attached hydrogens (tertiary/aromatic N) is 2. The van der Waals surface area contributed by atoms with Crippen LogP contribution in [0.5, 0.6) is 0 Å². The predicted molar refractivity (Wildman–Crippen MR) is 84.4 cm³/mol. The fraction of sp³-hybridized carbons (Fsp3) is 0.625. The molecule has 1 aromatic rings. The van der Waals surface area contributed by atoms with Gasteiger partial charge in [-0.3, -0.25) is 4.90 Å². The Labute approximate surface area is 132 Å². The van der Waals surface area contributed by atoms with Gasteiger partial charge in [-0.2, -0.15) is 0 Å². The molecule has 122 valence electrons. The summed E-state index contributed by atoms with van der Waals surface area (Å²) in [5.41, 5.74) is 0.957. The fourth-order valence-corrected chi connectivity index (χ4v) is 4.62. The molecule has 2 aliphatic heterocycles. The first-order chi connectivity index (χ1) is 10.4. The number of sulfonamides is 1. The van der Waals surface area contributed by atoms with E-state index < -0.39 is 10.0 Å². The molecule has 6 heteroatoms. The van der Waals surface area contributed by atoms with Crippen LogP contribution in [0, 0.1) is 11.7 Å². The highest BCUT2D eigenvalue weighted by molar-refractivity contribution is 7.88. The minimum Gasteiger partial charge on any atom is -0.294 e. The average Bonchev–Trinajstić information content (AvgIpc) is 2.79. The van der Waals surface area contributed by atoms with E-state index in [0.717, 1.165) is 31.4 Å². The molecule has 2 atom stereocenters. The summed E-state index contributed by atoms with van der Waals surface area (Å²) in [7, 11) is -3.13. The van der Waals surface area contributed by atoms with E-state index in [4.69, 9.17) is 0 Å². The Morgan fingerprint density at radius 2 is 2.09 bits per heavy atom. The molecular formula is C16H23FN2O2S. The lowest BCUT2D eigenvalue weighted by atomic mass is 9.98. The van der Waals surface area contributed by atoms with Gasteiger partial charge in [-0.1, -0.05) is 18.6 Å². The molecule has 1 aromatic carbocycles. The van der Waals surface area contributed by atoms with Crippen LogP contribution in [0.15, 0.2) is 24.3 Å². The monoisotopic (exact) mass is 326 g/mol. The highest BCUT2D eigenvalue weighted by atomic mass is 32.2. The lowest BCUT2D eigenvalue weighted by molar-refractivity contribution is 0.176. The van der Waals surface area contributed by atoms with Crippen LogP contribution < -0.4 is 0 Å². The van der Waals surface area contributed by atoms with Crippen LogP contribution in [-0.4, -0.2) is 49.6 Å². The van der Waals surface area contributed by atoms with Gasteiger partial charge in [0.2, 0.25) is 10.0 Å². The van der Waals surface area contributed by atoms with Crippen molar-refractivity contribution in [1.29, 1.82) is 0 Å². The van der Waals surface area contributed by atoms with Gasteiger partial charge in [0.05, 0.1) is 6.26 Å². The van der Waals surface area contributed by atoms with Crippen LogP contribution in [0.2, 0.25) is 0 Å². The lowest BCUT2D eigenvalue weighted by Crippen LogP contribution is -2.40. The van der Waals surface area contributed by atoms with Crippen LogP contribution in [0.4, 0.5) is 4.39 Å². The second-order valence-corrected chi connectivity index (χ2v) is 8.49. The van der Waals surface area contributed by atoms with E-state index >= 15 is 0 Å². The fourth-order valence-electron chi connectivity index (χ4n) is 3.74. The summed E-state index contributed by atoms with van der Waals surface area (Å²) in [5.74, 6) is 0.179. The number of rotatable bonds is 3. The topological polar surface area (TPSA) is 40.6 Å². The van der Waals surface area contributed by atoms with E-state index in [1.54, 1.807) is 16.4 Å². The van der Waals surface area contributed by atoms with Crippen LogP contribution in [0.25, 0.3) is 0 Å². The zero-order valence-electron chi connectivity index (χ0n) is 12.9. The molecule has 0 unspecified atom stereocenters. The van der Waals surface area contributed by atoms with Crippen LogP contribution in [0.3, 0.4) is 0 Å². The van der Waals surface area contributed by atoms with Crippen molar-refractivity contribution in [2.75, 3.05) is 25.9 Å². The number of hydrogen-bond donors (Lipinski definition) is 0. The van der Waals surface area contributed by atoms with Gasteiger partial charge < -0.3 is 0 Å². The number of likely N-dealkylation sites (tertiary alicyclic amines) is 1. The van der Waals surface area contributed by atoms with E-state index in [0.29, 0.717) is 25.6 Å². The maximum Gasteiger partial charge on any atom is 0.211 e. The van der Waals surface area contributed by atoms with Crippen molar-refractivity contribution in [3.05, 3.63) is 35.6 Å². The highest BCUT2D eigenvalue weighted by Crippen LogP contribution is 2.32. The predicted octanol–water partition coefficient (Wildman–Crippen LogP) is 2.07. The molecule has 0 aliphatic carbocycles. The van der Waals surface area contributed by atoms with Crippen LogP contribution >= 0.6 is 0 Å². The molecule has 0 N–H and O–H groups in total. The van der Waals surface area contributed by atoms with Crippen molar-refractivity contribution in [3.63, 3.8) is 0 Å². The van der Waals surface area contributed by atoms with E-state index in [-0.39, 0.29) is 11.9 Å². The molecule has 0 bridgehead atoms. The molecule has 22 heavy (non-hydrogen) atoms. The molecule has 2 aliphatic rings. The maximum absolute atomic E-state index is 13.4. The number of halogens is 1. The Hall–Kier alpha value is -0.980. The van der Waals surface area contributed by atoms with Crippen LogP contribution in [-0.2, 0) is 16.6 Å². The SMILES string of the molecule is CS(=O)(=O)N1C[C@@H]2CCCCN(Cc3cccc(F)c3)[C@@H]2C1. The smallest absolute Gasteiger partial charge is 0.211 e. The third-order valence-electron chi connectivity index (χ3n) is 4.86. The third kappa shape index (κ3) is 3.50. The van der Waals surface area contributed by atoms with Gasteiger partial charge >= 0.3 is 0 Å². The van der Waals surface area contributed by atoms with Crippen molar-refractivity contribution in [1.82, 2.24) is 9.21 Å². The van der Waals surface area contributed by atoms with Crippen molar-refractivity contribution in [2.45, 2.75) is 31.8 Å². The molecule has 3 rings (SSSR count). The van der Waals surface area contributed by atoms with Crippen molar-refractivity contribution < 1.29 is 12.8 Å². The molecule has 0 amide bonds. The Kier molecular flexibility index (Phi) is 4.52. The standard InChI is InChI=1S/C16H23FN2O2S/c1-22(20,21)19-11-14-6-2-3-8-18(16(14)12-19)10-13-5-4-7-15(17)9-13/h4-5,7,9,14,16H,2-3,6,8,10-12H2,1H3/t14-,16+/m0/s1. The third-order valence-corrected chi connectivity index (χ3v) is 6.09. The summed E-state index contributed by atoms with van der Waals surface area (Å²) < 4.78 is 38.6. The molecule has 4 nitrogen and oxygen atoms in total. The largest absolute Gasteiger partial charge is 0.294 e. The van der Waals surface area contributed by atoms with Crippen LogP contribution in [0.1, 0.15) is 24.8 Å². The number of benzene rings is 1. The number of fused-ring (bicyclic) bond motifs is 1. The summed E-state index contributed by atoms with van der Waals surface area (Å²) in [6, 6.07) is 6.95. The summed E-state index contributed by atoms with van der Waals surface area (Å²) >= 11 is 0. The first-order valence-electron chi connectivity index (χ1n) is 7.87. The van der Waals surface area contributed by atoms with Gasteiger partial charge in [-0.15, -0.1) is 0 Å². The Bertz CT molecular complexity index is 635. The summed E-state index contributed by atoms with van der Waals surface area (Å²) in [6.07, 6.45) is 4.63. The summed E-state index contributed by atoms with van der Waals surface area (Å²) in [6.45, 7) is 2.84. The Morgan fingerprint density at radius 1 is 1.27 bits per heavy atom. The average molecular weight is 326 g/mol. The van der Waals surface area contributed by atoms with E-state index in [1.807, 2.05) is 6.07 Å². The maximum atomic E-state index is 13.4. The number of hydrogen-bond acceptors (Lipinski definition) is 3. The Balaban J connectivity index is 1.78. The van der Waals surface area contributed by atoms with E-state index in [1.165, 1.54) is 12.3 Å². The molecule has 0 saturated carbocycles. The van der Waals surface area contributed by atoms with E-state index in [9.17, 15) is 12.8 Å². The van der Waals surface area contributed by atoms with Gasteiger partial charge in [0, 0.05) is 25.7 Å². The summed E-state index contributed by atoms with van der Waals surface area (Å²) in [5, 5.41) is 0. The second-order valence-electron chi connectivity index (χ2n) is 6.50. The molecule has 2 saturated heterocycles. The summed E-state index contributed by atoms with van der Waals surface area (Å²) in [4.78, 5) is 2.34. The molecule has 0 spiro atoms. The quantitative estimate of drug-likeness (QED) is 0.854. The molecule has 2 fully saturated rings. The molecule has 2 heterocycles. The normalized spacial score (nSPS) is 27.5. The van der Waals surface area contributed by atoms with Crippen molar-refractivity contribution in [2.24, 2.45) is 5.92 Å². The van der Waals surface area contributed by atoms with Gasteiger partial charge in [0.15, 0.2) is 0 Å².